The number of imide groups is 1. The average Bonchev–Trinajstić information content (AvgIpc) is 3.53. The first-order valence-corrected chi connectivity index (χ1v) is 16.3. The van der Waals surface area contributed by atoms with E-state index in [1.165, 1.54) is 35.2 Å². The minimum atomic E-state index is -0.563. The molecule has 0 radical (unpaired) electrons. The molecule has 0 aliphatic carbocycles. The first kappa shape index (κ1) is 32.6. The number of thioether (sulfide) groups is 1. The summed E-state index contributed by atoms with van der Waals surface area (Å²) in [5, 5.41) is 0.453. The van der Waals surface area contributed by atoms with Crippen molar-refractivity contribution in [3.05, 3.63) is 118 Å². The maximum absolute atomic E-state index is 13.3. The van der Waals surface area contributed by atoms with E-state index in [2.05, 4.69) is 20.9 Å². The third-order valence-corrected chi connectivity index (χ3v) is 9.49. The van der Waals surface area contributed by atoms with Crippen LogP contribution in [0.2, 0.25) is 10.0 Å². The van der Waals surface area contributed by atoms with Crippen molar-refractivity contribution in [3.63, 3.8) is 0 Å². The predicted molar refractivity (Wildman–Crippen MR) is 185 cm³/mol. The van der Waals surface area contributed by atoms with Gasteiger partial charge in [0.1, 0.15) is 0 Å². The number of amides is 2. The summed E-state index contributed by atoms with van der Waals surface area (Å²) in [6, 6.07) is 17.3. The van der Waals surface area contributed by atoms with Gasteiger partial charge in [-0.05, 0) is 70.9 Å². The Morgan fingerprint density at radius 2 is 1.66 bits per heavy atom. The highest BCUT2D eigenvalue weighted by molar-refractivity contribution is 9.10. The van der Waals surface area contributed by atoms with Crippen molar-refractivity contribution in [2.75, 3.05) is 7.11 Å². The fourth-order valence-corrected chi connectivity index (χ4v) is 6.56. The standard InChI is InChI=1S/C32H24BrCl2N5O6S/c1-37-27-26(29(42)38(2)31(37)43)39(16-19-7-10-21(34)14-22(19)35)30(36-27)46-23-11-6-18(12-24(23)45-3)13-25-28(41)40(32(44)47-25)15-17-4-8-20(33)9-5-17/h4-14H,15-16H2,1-3H3. The van der Waals surface area contributed by atoms with Gasteiger partial charge in [-0.2, -0.15) is 4.98 Å². The molecule has 240 valence electrons. The Bertz CT molecular complexity index is 2250. The first-order valence-electron chi connectivity index (χ1n) is 13.9. The molecule has 0 N–H and O–H groups in total. The van der Waals surface area contributed by atoms with Crippen LogP contribution in [0, 0.1) is 0 Å². The third-order valence-electron chi connectivity index (χ3n) is 7.47. The molecule has 3 heterocycles. The number of ether oxygens (including phenoxy) is 2. The molecule has 2 aromatic heterocycles. The lowest BCUT2D eigenvalue weighted by Crippen LogP contribution is -2.37. The maximum Gasteiger partial charge on any atom is 0.332 e. The Morgan fingerprint density at radius 1 is 0.915 bits per heavy atom. The van der Waals surface area contributed by atoms with Crippen molar-refractivity contribution in [2.24, 2.45) is 14.1 Å². The van der Waals surface area contributed by atoms with Gasteiger partial charge in [0.2, 0.25) is 0 Å². The Kier molecular flexibility index (Phi) is 9.07. The Labute approximate surface area is 290 Å². The van der Waals surface area contributed by atoms with Crippen LogP contribution in [0.1, 0.15) is 16.7 Å². The summed E-state index contributed by atoms with van der Waals surface area (Å²) in [6.07, 6.45) is 1.61. The fraction of sp³-hybridized carbons (Fsp3) is 0.156. The van der Waals surface area contributed by atoms with E-state index in [0.29, 0.717) is 21.2 Å². The highest BCUT2D eigenvalue weighted by Crippen LogP contribution is 2.37. The van der Waals surface area contributed by atoms with Crippen molar-refractivity contribution in [2.45, 2.75) is 13.1 Å². The second-order valence-electron chi connectivity index (χ2n) is 10.5. The van der Waals surface area contributed by atoms with E-state index in [9.17, 15) is 19.2 Å². The zero-order chi connectivity index (χ0) is 33.6. The van der Waals surface area contributed by atoms with Gasteiger partial charge in [-0.1, -0.05) is 63.4 Å². The molecule has 47 heavy (non-hydrogen) atoms. The molecule has 1 aliphatic heterocycles. The van der Waals surface area contributed by atoms with Gasteiger partial charge in [0.15, 0.2) is 22.7 Å². The summed E-state index contributed by atoms with van der Waals surface area (Å²) in [7, 11) is 4.35. The quantitative estimate of drug-likeness (QED) is 0.163. The van der Waals surface area contributed by atoms with Gasteiger partial charge in [-0.15, -0.1) is 0 Å². The molecule has 0 bridgehead atoms. The molecule has 0 atom stereocenters. The topological polar surface area (TPSA) is 118 Å². The number of rotatable bonds is 8. The van der Waals surface area contributed by atoms with Gasteiger partial charge in [0, 0.05) is 28.6 Å². The SMILES string of the molecule is COc1cc(C=C2SC(=O)N(Cc3ccc(Br)cc3)C2=O)ccc1Oc1nc2c(c(=O)n(C)c(=O)n2C)n1Cc1ccc(Cl)cc1Cl. The summed E-state index contributed by atoms with van der Waals surface area (Å²) >= 11 is 16.8. The van der Waals surface area contributed by atoms with E-state index in [4.69, 9.17) is 32.7 Å². The molecule has 11 nitrogen and oxygen atoms in total. The normalized spacial score (nSPS) is 14.1. The van der Waals surface area contributed by atoms with Crippen LogP contribution < -0.4 is 20.7 Å². The van der Waals surface area contributed by atoms with Gasteiger partial charge in [0.05, 0.1) is 25.1 Å². The number of nitrogens with zero attached hydrogens (tertiary/aromatic N) is 5. The molecule has 5 aromatic rings. The lowest BCUT2D eigenvalue weighted by Gasteiger charge is -2.14. The van der Waals surface area contributed by atoms with E-state index < -0.39 is 17.2 Å². The molecule has 0 unspecified atom stereocenters. The molecular weight excluding hydrogens is 733 g/mol. The number of fused-ring (bicyclic) bond motifs is 1. The van der Waals surface area contributed by atoms with Crippen LogP contribution in [-0.2, 0) is 32.0 Å². The highest BCUT2D eigenvalue weighted by atomic mass is 79.9. The smallest absolute Gasteiger partial charge is 0.332 e. The molecule has 0 spiro atoms. The highest BCUT2D eigenvalue weighted by Gasteiger charge is 2.35. The number of aromatic nitrogens is 4. The summed E-state index contributed by atoms with van der Waals surface area (Å²) < 4.78 is 16.5. The van der Waals surface area contributed by atoms with Gasteiger partial charge in [-0.25, -0.2) is 4.79 Å². The van der Waals surface area contributed by atoms with Crippen molar-refractivity contribution in [1.82, 2.24) is 23.6 Å². The van der Waals surface area contributed by atoms with Gasteiger partial charge in [0.25, 0.3) is 16.7 Å². The van der Waals surface area contributed by atoms with Crippen LogP contribution in [0.3, 0.4) is 0 Å². The van der Waals surface area contributed by atoms with E-state index in [0.717, 1.165) is 26.4 Å². The average molecular weight is 757 g/mol. The van der Waals surface area contributed by atoms with Crippen LogP contribution in [0.5, 0.6) is 17.5 Å². The molecule has 1 saturated heterocycles. The lowest BCUT2D eigenvalue weighted by atomic mass is 10.1. The number of methoxy groups -OCH3 is 1. The van der Waals surface area contributed by atoms with Crippen LogP contribution in [0.25, 0.3) is 17.2 Å². The minimum absolute atomic E-state index is 0.00410. The molecule has 0 saturated carbocycles. The lowest BCUT2D eigenvalue weighted by molar-refractivity contribution is -0.123. The Balaban J connectivity index is 1.34. The van der Waals surface area contributed by atoms with Crippen molar-refractivity contribution >= 4 is 79.3 Å². The number of carbonyl (C=O) groups excluding carboxylic acids is 2. The number of benzene rings is 3. The summed E-state index contributed by atoms with van der Waals surface area (Å²) in [4.78, 5) is 57.9. The minimum Gasteiger partial charge on any atom is -0.493 e. The zero-order valence-electron chi connectivity index (χ0n) is 25.0. The number of hydrogen-bond donors (Lipinski definition) is 0. The molecule has 1 fully saturated rings. The number of halogens is 3. The first-order chi connectivity index (χ1) is 22.4. The number of aryl methyl sites for hydroxylation is 1. The Morgan fingerprint density at radius 3 is 2.36 bits per heavy atom. The van der Waals surface area contributed by atoms with Crippen molar-refractivity contribution in [1.29, 1.82) is 0 Å². The van der Waals surface area contributed by atoms with Crippen LogP contribution >= 0.6 is 50.9 Å². The number of hydrogen-bond acceptors (Lipinski definition) is 8. The number of imidazole rings is 1. The summed E-state index contributed by atoms with van der Waals surface area (Å²) in [6.45, 7) is 0.230. The van der Waals surface area contributed by atoms with E-state index in [1.54, 1.807) is 42.5 Å². The Hall–Kier alpha value is -4.30. The molecule has 3 aromatic carbocycles. The maximum atomic E-state index is 13.3. The molecule has 1 aliphatic rings. The van der Waals surface area contributed by atoms with E-state index in [-0.39, 0.29) is 51.9 Å². The largest absolute Gasteiger partial charge is 0.493 e. The molecule has 6 rings (SSSR count). The van der Waals surface area contributed by atoms with Crippen molar-refractivity contribution in [3.8, 4) is 17.5 Å². The van der Waals surface area contributed by atoms with Crippen LogP contribution in [-0.4, -0.2) is 41.8 Å². The number of carbonyl (C=O) groups is 2. The predicted octanol–water partition coefficient (Wildman–Crippen LogP) is 6.59. The van der Waals surface area contributed by atoms with Crippen molar-refractivity contribution < 1.29 is 19.1 Å². The summed E-state index contributed by atoms with van der Waals surface area (Å²) in [5.74, 6) is 0.135. The zero-order valence-corrected chi connectivity index (χ0v) is 28.9. The second kappa shape index (κ2) is 13.1. The molecule has 2 amide bonds. The fourth-order valence-electron chi connectivity index (χ4n) is 4.99. The van der Waals surface area contributed by atoms with Gasteiger partial charge >= 0.3 is 11.7 Å². The molecular formula is C32H24BrCl2N5O6S. The van der Waals surface area contributed by atoms with Gasteiger partial charge in [-0.3, -0.25) is 33.0 Å². The second-order valence-corrected chi connectivity index (χ2v) is 13.3. The van der Waals surface area contributed by atoms with Crippen LogP contribution in [0.15, 0.2) is 79.6 Å². The van der Waals surface area contributed by atoms with E-state index >= 15 is 0 Å². The summed E-state index contributed by atoms with van der Waals surface area (Å²) in [5.41, 5.74) is 1.17. The third kappa shape index (κ3) is 6.35. The van der Waals surface area contributed by atoms with Crippen LogP contribution in [0.4, 0.5) is 4.79 Å². The van der Waals surface area contributed by atoms with E-state index in [1.807, 2.05) is 24.3 Å². The van der Waals surface area contributed by atoms with Gasteiger partial charge < -0.3 is 9.47 Å². The molecule has 15 heteroatoms. The monoisotopic (exact) mass is 755 g/mol.